The molecule has 0 radical (unpaired) electrons. The van der Waals surface area contributed by atoms with Crippen molar-refractivity contribution in [3.05, 3.63) is 29.3 Å². The first-order chi connectivity index (χ1) is 12.0. The molecule has 3 amide bonds. The number of benzene rings is 1. The number of nitrogens with one attached hydrogen (secondary N) is 2. The van der Waals surface area contributed by atoms with Crippen LogP contribution in [0.4, 0.5) is 10.5 Å². The molecule has 0 saturated heterocycles. The molecular weight excluding hydrogens is 342 g/mol. The number of nitrogens with two attached hydrogens (primary N) is 1. The second-order valence-electron chi connectivity index (χ2n) is 5.84. The molecule has 1 aliphatic carbocycles. The Hall–Kier alpha value is -2.22. The molecule has 1 aliphatic rings. The van der Waals surface area contributed by atoms with Crippen LogP contribution in [0, 0.1) is 0 Å². The summed E-state index contributed by atoms with van der Waals surface area (Å²) in [5.74, 6) is -0.438. The van der Waals surface area contributed by atoms with Gasteiger partial charge in [0, 0.05) is 5.69 Å². The van der Waals surface area contributed by atoms with Gasteiger partial charge in [-0.2, -0.15) is 11.8 Å². The Bertz CT molecular complexity index is 651. The van der Waals surface area contributed by atoms with Crippen molar-refractivity contribution in [3.63, 3.8) is 0 Å². The fourth-order valence-electron chi connectivity index (χ4n) is 2.74. The largest absolute Gasteiger partial charge is 0.454 e. The molecule has 1 aromatic rings. The van der Waals surface area contributed by atoms with Crippen molar-refractivity contribution in [1.29, 1.82) is 0 Å². The summed E-state index contributed by atoms with van der Waals surface area (Å²) in [6.45, 7) is -0.411. The second kappa shape index (κ2) is 9.31. The zero-order chi connectivity index (χ0) is 18.2. The lowest BCUT2D eigenvalue weighted by Gasteiger charge is -2.16. The fraction of sp³-hybridized carbons (Fsp3) is 0.471. The van der Waals surface area contributed by atoms with E-state index in [9.17, 15) is 14.4 Å². The van der Waals surface area contributed by atoms with Crippen LogP contribution < -0.4 is 16.4 Å². The number of anilines is 1. The van der Waals surface area contributed by atoms with Gasteiger partial charge in [0.25, 0.3) is 5.91 Å². The lowest BCUT2D eigenvalue weighted by atomic mass is 10.1. The monoisotopic (exact) mass is 365 g/mol. The SMILES string of the molecule is CSCC[C@@H](NC(N)=O)C(=O)OCC(=O)Nc1ccc2c(c1)CCC2. The molecule has 0 heterocycles. The van der Waals surface area contributed by atoms with Gasteiger partial charge in [-0.15, -0.1) is 0 Å². The summed E-state index contributed by atoms with van der Waals surface area (Å²) in [7, 11) is 0. The molecule has 0 fully saturated rings. The highest BCUT2D eigenvalue weighted by Crippen LogP contribution is 2.24. The zero-order valence-corrected chi connectivity index (χ0v) is 15.0. The molecule has 0 aliphatic heterocycles. The third kappa shape index (κ3) is 5.97. The van der Waals surface area contributed by atoms with Crippen LogP contribution >= 0.6 is 11.8 Å². The maximum atomic E-state index is 12.0. The molecule has 25 heavy (non-hydrogen) atoms. The van der Waals surface area contributed by atoms with Crippen molar-refractivity contribution < 1.29 is 19.1 Å². The van der Waals surface area contributed by atoms with E-state index in [0.29, 0.717) is 17.9 Å². The minimum Gasteiger partial charge on any atom is -0.454 e. The normalized spacial score (nSPS) is 13.6. The highest BCUT2D eigenvalue weighted by molar-refractivity contribution is 7.98. The highest BCUT2D eigenvalue weighted by atomic mass is 32.2. The van der Waals surface area contributed by atoms with Gasteiger partial charge >= 0.3 is 12.0 Å². The average Bonchev–Trinajstić information content (AvgIpc) is 3.03. The van der Waals surface area contributed by atoms with Gasteiger partial charge in [-0.3, -0.25) is 4.79 Å². The van der Waals surface area contributed by atoms with Crippen LogP contribution in [0.15, 0.2) is 18.2 Å². The Balaban J connectivity index is 1.83. The van der Waals surface area contributed by atoms with Gasteiger partial charge in [-0.25, -0.2) is 9.59 Å². The Labute approximate surface area is 151 Å². The number of rotatable bonds is 8. The summed E-state index contributed by atoms with van der Waals surface area (Å²) in [4.78, 5) is 35.0. The Morgan fingerprint density at radius 2 is 2.04 bits per heavy atom. The first-order valence-corrected chi connectivity index (χ1v) is 9.52. The van der Waals surface area contributed by atoms with Crippen molar-refractivity contribution in [2.24, 2.45) is 5.73 Å². The summed E-state index contributed by atoms with van der Waals surface area (Å²) in [5.41, 5.74) is 8.32. The Morgan fingerprint density at radius 1 is 1.28 bits per heavy atom. The van der Waals surface area contributed by atoms with Gasteiger partial charge in [0.2, 0.25) is 0 Å². The summed E-state index contributed by atoms with van der Waals surface area (Å²) in [5, 5.41) is 5.05. The van der Waals surface area contributed by atoms with Crippen LogP contribution in [0.3, 0.4) is 0 Å². The molecule has 136 valence electrons. The maximum absolute atomic E-state index is 12.0. The first kappa shape index (κ1) is 19.1. The molecule has 8 heteroatoms. The first-order valence-electron chi connectivity index (χ1n) is 8.13. The summed E-state index contributed by atoms with van der Waals surface area (Å²) in [6.07, 6.45) is 5.50. The minimum atomic E-state index is -0.849. The molecule has 2 rings (SSSR count). The molecule has 7 nitrogen and oxygen atoms in total. The molecule has 0 saturated carbocycles. The number of urea groups is 1. The number of fused-ring (bicyclic) bond motifs is 1. The predicted molar refractivity (Wildman–Crippen MR) is 97.6 cm³/mol. The number of thioether (sulfide) groups is 1. The molecule has 4 N–H and O–H groups in total. The predicted octanol–water partition coefficient (Wildman–Crippen LogP) is 1.45. The minimum absolute atomic E-state index is 0.384. The van der Waals surface area contributed by atoms with Crippen molar-refractivity contribution in [3.8, 4) is 0 Å². The van der Waals surface area contributed by atoms with E-state index in [2.05, 4.69) is 10.6 Å². The topological polar surface area (TPSA) is 111 Å². The summed E-state index contributed by atoms with van der Waals surface area (Å²) < 4.78 is 5.00. The van der Waals surface area contributed by atoms with Crippen molar-refractivity contribution in [2.75, 3.05) is 23.9 Å². The summed E-state index contributed by atoms with van der Waals surface area (Å²) in [6, 6.07) is 4.17. The van der Waals surface area contributed by atoms with Crippen LogP contribution in [-0.4, -0.2) is 42.6 Å². The van der Waals surface area contributed by atoms with Crippen LogP contribution in [0.1, 0.15) is 24.0 Å². The smallest absolute Gasteiger partial charge is 0.329 e. The van der Waals surface area contributed by atoms with Crippen LogP contribution in [-0.2, 0) is 27.2 Å². The van der Waals surface area contributed by atoms with Gasteiger partial charge in [0.05, 0.1) is 0 Å². The van der Waals surface area contributed by atoms with Crippen molar-refractivity contribution in [2.45, 2.75) is 31.7 Å². The number of esters is 1. The number of ether oxygens (including phenoxy) is 1. The van der Waals surface area contributed by atoms with Crippen molar-refractivity contribution >= 4 is 35.4 Å². The standard InChI is InChI=1S/C17H23N3O4S/c1-25-8-7-14(20-17(18)23)16(22)24-10-15(21)19-13-6-5-11-3-2-4-12(11)9-13/h5-6,9,14H,2-4,7-8,10H2,1H3,(H,19,21)(H3,18,20,23)/t14-/m1/s1. The Morgan fingerprint density at radius 3 is 2.76 bits per heavy atom. The quantitative estimate of drug-likeness (QED) is 0.604. The molecule has 0 aromatic heterocycles. The number of carbonyl (C=O) groups excluding carboxylic acids is 3. The van der Waals surface area contributed by atoms with E-state index in [1.165, 1.54) is 22.9 Å². The highest BCUT2D eigenvalue weighted by Gasteiger charge is 2.22. The Kier molecular flexibility index (Phi) is 7.12. The van der Waals surface area contributed by atoms with Crippen LogP contribution in [0.5, 0.6) is 0 Å². The summed E-state index contributed by atoms with van der Waals surface area (Å²) >= 11 is 1.53. The van der Waals surface area contributed by atoms with Crippen LogP contribution in [0.2, 0.25) is 0 Å². The number of primary amides is 1. The van der Waals surface area contributed by atoms with E-state index >= 15 is 0 Å². The van der Waals surface area contributed by atoms with E-state index in [0.717, 1.165) is 19.3 Å². The van der Waals surface area contributed by atoms with Gasteiger partial charge in [0.1, 0.15) is 6.04 Å². The van der Waals surface area contributed by atoms with E-state index < -0.39 is 30.6 Å². The average molecular weight is 365 g/mol. The van der Waals surface area contributed by atoms with Gasteiger partial charge in [-0.1, -0.05) is 6.07 Å². The van der Waals surface area contributed by atoms with Gasteiger partial charge in [0.15, 0.2) is 6.61 Å². The second-order valence-corrected chi connectivity index (χ2v) is 6.82. The number of carbonyl (C=O) groups is 3. The molecule has 0 bridgehead atoms. The van der Waals surface area contributed by atoms with E-state index in [1.807, 2.05) is 24.5 Å². The van der Waals surface area contributed by atoms with E-state index in [-0.39, 0.29) is 0 Å². The molecule has 1 aromatic carbocycles. The molecular formula is C17H23N3O4S. The fourth-order valence-corrected chi connectivity index (χ4v) is 3.21. The number of hydrogen-bond acceptors (Lipinski definition) is 5. The van der Waals surface area contributed by atoms with E-state index in [1.54, 1.807) is 0 Å². The number of aryl methyl sites for hydroxylation is 2. The number of amides is 3. The third-order valence-electron chi connectivity index (χ3n) is 3.94. The third-order valence-corrected chi connectivity index (χ3v) is 4.58. The van der Waals surface area contributed by atoms with Gasteiger partial charge in [-0.05, 0) is 61.0 Å². The molecule has 0 unspecified atom stereocenters. The zero-order valence-electron chi connectivity index (χ0n) is 14.2. The van der Waals surface area contributed by atoms with Gasteiger partial charge < -0.3 is 21.1 Å². The lowest BCUT2D eigenvalue weighted by Crippen LogP contribution is -2.45. The molecule has 0 spiro atoms. The van der Waals surface area contributed by atoms with E-state index in [4.69, 9.17) is 10.5 Å². The lowest BCUT2D eigenvalue weighted by molar-refractivity contribution is -0.149. The van der Waals surface area contributed by atoms with Crippen LogP contribution in [0.25, 0.3) is 0 Å². The number of hydrogen-bond donors (Lipinski definition) is 3. The molecule has 1 atom stereocenters. The maximum Gasteiger partial charge on any atom is 0.329 e. The van der Waals surface area contributed by atoms with Crippen molar-refractivity contribution in [1.82, 2.24) is 5.32 Å².